The molecule has 0 atom stereocenters. The van der Waals surface area contributed by atoms with E-state index in [0.29, 0.717) is 5.76 Å². The number of hydrogen-bond donors (Lipinski definition) is 4. The van der Waals surface area contributed by atoms with Crippen molar-refractivity contribution in [3.8, 4) is 5.75 Å². The Morgan fingerprint density at radius 3 is 2.61 bits per heavy atom. The van der Waals surface area contributed by atoms with Gasteiger partial charge < -0.3 is 9.52 Å². The lowest BCUT2D eigenvalue weighted by Gasteiger charge is -2.10. The van der Waals surface area contributed by atoms with Gasteiger partial charge in [0.15, 0.2) is 5.11 Å². The van der Waals surface area contributed by atoms with Crippen molar-refractivity contribution < 1.29 is 19.1 Å². The van der Waals surface area contributed by atoms with Crippen LogP contribution in [-0.4, -0.2) is 22.0 Å². The third-order valence-electron chi connectivity index (χ3n) is 2.62. The van der Waals surface area contributed by atoms with Gasteiger partial charge in [0.1, 0.15) is 11.5 Å². The van der Waals surface area contributed by atoms with Crippen LogP contribution < -0.4 is 16.2 Å². The third kappa shape index (κ3) is 4.97. The zero-order valence-corrected chi connectivity index (χ0v) is 12.6. The maximum Gasteiger partial charge on any atom is 0.273 e. The average molecular weight is 331 g/mol. The van der Waals surface area contributed by atoms with Crippen LogP contribution in [0.4, 0.5) is 0 Å². The number of phenols is 1. The van der Waals surface area contributed by atoms with Gasteiger partial charge in [0.05, 0.1) is 11.8 Å². The number of rotatable bonds is 3. The summed E-state index contributed by atoms with van der Waals surface area (Å²) in [5, 5.41) is 11.8. The minimum Gasteiger partial charge on any atom is -0.507 e. The maximum absolute atomic E-state index is 11.8. The van der Waals surface area contributed by atoms with Crippen molar-refractivity contribution in [1.82, 2.24) is 16.2 Å². The summed E-state index contributed by atoms with van der Waals surface area (Å²) in [7, 11) is 0. The fourth-order valence-electron chi connectivity index (χ4n) is 1.58. The molecule has 0 bridgehead atoms. The summed E-state index contributed by atoms with van der Waals surface area (Å²) in [5.41, 5.74) is 4.71. The topological polar surface area (TPSA) is 104 Å². The van der Waals surface area contributed by atoms with Gasteiger partial charge in [0.2, 0.25) is 5.91 Å². The van der Waals surface area contributed by atoms with E-state index in [2.05, 4.69) is 16.2 Å². The molecule has 8 heteroatoms. The molecule has 7 nitrogen and oxygen atoms in total. The number of benzene rings is 1. The van der Waals surface area contributed by atoms with Crippen molar-refractivity contribution in [3.63, 3.8) is 0 Å². The van der Waals surface area contributed by atoms with E-state index in [0.717, 1.165) is 0 Å². The highest BCUT2D eigenvalue weighted by molar-refractivity contribution is 7.80. The van der Waals surface area contributed by atoms with Crippen molar-refractivity contribution in [2.24, 2.45) is 0 Å². The summed E-state index contributed by atoms with van der Waals surface area (Å²) in [6, 6.07) is 9.41. The molecule has 0 radical (unpaired) electrons. The van der Waals surface area contributed by atoms with Crippen molar-refractivity contribution >= 4 is 35.2 Å². The highest BCUT2D eigenvalue weighted by Crippen LogP contribution is 2.14. The standard InChI is InChI=1S/C15H13N3O4S/c19-12-6-2-1-5-11(12)14(21)17-18-15(23)16-13(20)8-7-10-4-3-9-22-10/h1-9,19H,(H,17,21)(H2,16,18,20,23). The number of thiocarbonyl (C=S) groups is 1. The molecule has 2 rings (SSSR count). The molecule has 0 saturated heterocycles. The molecule has 0 spiro atoms. The molecule has 2 aromatic rings. The monoisotopic (exact) mass is 331 g/mol. The zero-order valence-electron chi connectivity index (χ0n) is 11.8. The second kappa shape index (κ2) is 7.76. The number of carbonyl (C=O) groups is 2. The summed E-state index contributed by atoms with van der Waals surface area (Å²) >= 11 is 4.87. The second-order valence-corrected chi connectivity index (χ2v) is 4.67. The third-order valence-corrected chi connectivity index (χ3v) is 2.82. The summed E-state index contributed by atoms with van der Waals surface area (Å²) < 4.78 is 5.03. The number of carbonyl (C=O) groups excluding carboxylic acids is 2. The van der Waals surface area contributed by atoms with E-state index in [4.69, 9.17) is 16.6 Å². The number of aromatic hydroxyl groups is 1. The summed E-state index contributed by atoms with van der Waals surface area (Å²) in [6.45, 7) is 0. The van der Waals surface area contributed by atoms with Crippen LogP contribution in [0.5, 0.6) is 5.75 Å². The van der Waals surface area contributed by atoms with Gasteiger partial charge in [0.25, 0.3) is 5.91 Å². The lowest BCUT2D eigenvalue weighted by molar-refractivity contribution is -0.115. The Labute approximate surface area is 137 Å². The Morgan fingerprint density at radius 2 is 1.91 bits per heavy atom. The van der Waals surface area contributed by atoms with E-state index in [9.17, 15) is 14.7 Å². The van der Waals surface area contributed by atoms with E-state index in [1.165, 1.54) is 30.5 Å². The number of para-hydroxylation sites is 1. The molecule has 0 aliphatic rings. The Balaban J connectivity index is 1.80. The van der Waals surface area contributed by atoms with Crippen LogP contribution in [0.2, 0.25) is 0 Å². The normalized spacial score (nSPS) is 10.3. The first-order valence-electron chi connectivity index (χ1n) is 6.47. The van der Waals surface area contributed by atoms with E-state index in [1.807, 2.05) is 0 Å². The largest absolute Gasteiger partial charge is 0.507 e. The summed E-state index contributed by atoms with van der Waals surface area (Å²) in [4.78, 5) is 23.4. The van der Waals surface area contributed by atoms with E-state index in [1.54, 1.807) is 24.3 Å². The fourth-order valence-corrected chi connectivity index (χ4v) is 1.73. The van der Waals surface area contributed by atoms with E-state index in [-0.39, 0.29) is 16.4 Å². The van der Waals surface area contributed by atoms with Crippen LogP contribution in [0, 0.1) is 0 Å². The van der Waals surface area contributed by atoms with Crippen molar-refractivity contribution in [2.75, 3.05) is 0 Å². The molecule has 0 aliphatic carbocycles. The van der Waals surface area contributed by atoms with Crippen LogP contribution in [0.1, 0.15) is 16.1 Å². The number of hydrazine groups is 1. The number of amides is 2. The van der Waals surface area contributed by atoms with Crippen LogP contribution in [0.25, 0.3) is 6.08 Å². The Hall–Kier alpha value is -3.13. The zero-order chi connectivity index (χ0) is 16.7. The molecule has 0 unspecified atom stereocenters. The van der Waals surface area contributed by atoms with E-state index < -0.39 is 11.8 Å². The first-order valence-corrected chi connectivity index (χ1v) is 6.88. The number of nitrogens with one attached hydrogen (secondary N) is 3. The number of furan rings is 1. The molecule has 0 fully saturated rings. The summed E-state index contributed by atoms with van der Waals surface area (Å²) in [5.74, 6) is -0.725. The number of hydrogen-bond acceptors (Lipinski definition) is 5. The highest BCUT2D eigenvalue weighted by atomic mass is 32.1. The van der Waals surface area contributed by atoms with Crippen LogP contribution in [0.3, 0.4) is 0 Å². The van der Waals surface area contributed by atoms with Crippen LogP contribution >= 0.6 is 12.2 Å². The van der Waals surface area contributed by atoms with Gasteiger partial charge in [-0.05, 0) is 42.6 Å². The lowest BCUT2D eigenvalue weighted by atomic mass is 10.2. The molecule has 0 saturated carbocycles. The van der Waals surface area contributed by atoms with Gasteiger partial charge in [-0.2, -0.15) is 0 Å². The van der Waals surface area contributed by atoms with Crippen LogP contribution in [-0.2, 0) is 4.79 Å². The van der Waals surface area contributed by atoms with Crippen molar-refractivity contribution in [1.29, 1.82) is 0 Å². The predicted molar refractivity (Wildman–Crippen MR) is 87.2 cm³/mol. The molecule has 118 valence electrons. The molecule has 1 aromatic heterocycles. The van der Waals surface area contributed by atoms with Gasteiger partial charge in [-0.1, -0.05) is 12.1 Å². The molecular formula is C15H13N3O4S. The molecule has 23 heavy (non-hydrogen) atoms. The molecular weight excluding hydrogens is 318 g/mol. The Kier molecular flexibility index (Phi) is 5.48. The first-order chi connectivity index (χ1) is 11.1. The van der Waals surface area contributed by atoms with Gasteiger partial charge in [0, 0.05) is 6.08 Å². The van der Waals surface area contributed by atoms with Gasteiger partial charge >= 0.3 is 0 Å². The minimum absolute atomic E-state index is 0.0758. The first kappa shape index (κ1) is 16.2. The van der Waals surface area contributed by atoms with E-state index >= 15 is 0 Å². The lowest BCUT2D eigenvalue weighted by Crippen LogP contribution is -2.48. The van der Waals surface area contributed by atoms with Gasteiger partial charge in [-0.15, -0.1) is 0 Å². The van der Waals surface area contributed by atoms with Gasteiger partial charge in [-0.3, -0.25) is 25.8 Å². The summed E-state index contributed by atoms with van der Waals surface area (Å²) in [6.07, 6.45) is 4.19. The molecule has 1 aromatic carbocycles. The van der Waals surface area contributed by atoms with Crippen LogP contribution in [0.15, 0.2) is 53.2 Å². The smallest absolute Gasteiger partial charge is 0.273 e. The highest BCUT2D eigenvalue weighted by Gasteiger charge is 2.10. The maximum atomic E-state index is 11.8. The Morgan fingerprint density at radius 1 is 1.13 bits per heavy atom. The predicted octanol–water partition coefficient (Wildman–Crippen LogP) is 1.33. The second-order valence-electron chi connectivity index (χ2n) is 4.26. The van der Waals surface area contributed by atoms with Crippen molar-refractivity contribution in [2.45, 2.75) is 0 Å². The average Bonchev–Trinajstić information content (AvgIpc) is 3.04. The molecule has 2 amide bonds. The minimum atomic E-state index is -0.592. The quantitative estimate of drug-likeness (QED) is 0.384. The fraction of sp³-hybridized carbons (Fsp3) is 0. The Bertz CT molecular complexity index is 741. The number of phenolic OH excluding ortho intramolecular Hbond substituents is 1. The molecule has 0 aliphatic heterocycles. The SMILES string of the molecule is O=C(C=Cc1ccco1)NC(=S)NNC(=O)c1ccccc1O. The molecule has 1 heterocycles. The van der Waals surface area contributed by atoms with Gasteiger partial charge in [-0.25, -0.2) is 0 Å². The van der Waals surface area contributed by atoms with Crippen molar-refractivity contribution in [3.05, 3.63) is 60.1 Å². The molecule has 4 N–H and O–H groups in total.